The van der Waals surface area contributed by atoms with Crippen molar-refractivity contribution in [3.63, 3.8) is 0 Å². The summed E-state index contributed by atoms with van der Waals surface area (Å²) in [6.45, 7) is 6.65. The Morgan fingerprint density at radius 1 is 1.29 bits per heavy atom. The van der Waals surface area contributed by atoms with Crippen LogP contribution >= 0.6 is 24.2 Å². The van der Waals surface area contributed by atoms with Gasteiger partial charge in [-0.2, -0.15) is 12.6 Å². The van der Waals surface area contributed by atoms with Gasteiger partial charge in [0.05, 0.1) is 11.5 Å². The van der Waals surface area contributed by atoms with Gasteiger partial charge in [-0.25, -0.2) is 0 Å². The lowest BCUT2D eigenvalue weighted by Gasteiger charge is -2.60. The second-order valence-electron chi connectivity index (χ2n) is 10.0. The molecule has 0 aromatic carbocycles. The minimum Gasteiger partial charge on any atom is -0.460 e. The molecule has 3 fully saturated rings. The highest BCUT2D eigenvalue weighted by molar-refractivity contribution is 7.81. The molecule has 4 aliphatic carbocycles. The molecule has 0 radical (unpaired) electrons. The SMILES string of the molecule is CCC(=O)OC1[C@H](Cl)CC2C3C(CC[C@@]21C)[C@@]1(C)CC[C@H](S)C=C1C[C@@H]3OC. The van der Waals surface area contributed by atoms with Gasteiger partial charge in [0.25, 0.3) is 0 Å². The van der Waals surface area contributed by atoms with E-state index < -0.39 is 0 Å². The summed E-state index contributed by atoms with van der Waals surface area (Å²) in [6, 6.07) is 0. The first-order valence-corrected chi connectivity index (χ1v) is 12.0. The molecule has 3 saturated carbocycles. The molecule has 0 amide bonds. The first-order valence-electron chi connectivity index (χ1n) is 11.0. The van der Waals surface area contributed by atoms with Crippen molar-refractivity contribution in [1.29, 1.82) is 0 Å². The predicted octanol–water partition coefficient (Wildman–Crippen LogP) is 5.41. The minimum atomic E-state index is -0.178. The third-order valence-electron chi connectivity index (χ3n) is 8.83. The summed E-state index contributed by atoms with van der Waals surface area (Å²) in [5.41, 5.74) is 1.76. The van der Waals surface area contributed by atoms with Crippen molar-refractivity contribution in [2.45, 2.75) is 88.6 Å². The van der Waals surface area contributed by atoms with Crippen LogP contribution in [0.2, 0.25) is 0 Å². The van der Waals surface area contributed by atoms with Gasteiger partial charge in [-0.15, -0.1) is 11.6 Å². The number of hydrogen-bond donors (Lipinski definition) is 1. The number of esters is 1. The molecule has 0 spiro atoms. The maximum atomic E-state index is 12.1. The van der Waals surface area contributed by atoms with Crippen molar-refractivity contribution >= 4 is 30.2 Å². The topological polar surface area (TPSA) is 35.5 Å². The molecule has 0 bridgehead atoms. The number of thiol groups is 1. The number of methoxy groups -OCH3 is 1. The number of rotatable bonds is 3. The Hall–Kier alpha value is -0.190. The Morgan fingerprint density at radius 2 is 2.04 bits per heavy atom. The second kappa shape index (κ2) is 7.50. The molecule has 0 saturated heterocycles. The summed E-state index contributed by atoms with van der Waals surface area (Å²) in [6.07, 6.45) is 9.39. The fourth-order valence-corrected chi connectivity index (χ4v) is 8.09. The van der Waals surface area contributed by atoms with Gasteiger partial charge < -0.3 is 9.47 Å². The number of carbonyl (C=O) groups excluding carboxylic acids is 1. The molecule has 0 N–H and O–H groups in total. The molecule has 0 aromatic heterocycles. The summed E-state index contributed by atoms with van der Waals surface area (Å²) in [5, 5.41) is 0.280. The lowest BCUT2D eigenvalue weighted by atomic mass is 9.46. The van der Waals surface area contributed by atoms with Crippen molar-refractivity contribution in [1.82, 2.24) is 0 Å². The third kappa shape index (κ3) is 3.08. The number of carbonyl (C=O) groups is 1. The molecule has 0 aliphatic heterocycles. The Balaban J connectivity index is 1.69. The highest BCUT2D eigenvalue weighted by Gasteiger charge is 2.64. The van der Waals surface area contributed by atoms with Crippen LogP contribution in [0.4, 0.5) is 0 Å². The zero-order valence-electron chi connectivity index (χ0n) is 17.6. The van der Waals surface area contributed by atoms with Crippen LogP contribution in [0.5, 0.6) is 0 Å². The smallest absolute Gasteiger partial charge is 0.305 e. The van der Waals surface area contributed by atoms with E-state index in [0.717, 1.165) is 32.1 Å². The zero-order valence-corrected chi connectivity index (χ0v) is 19.3. The van der Waals surface area contributed by atoms with E-state index in [9.17, 15) is 4.79 Å². The average molecular weight is 427 g/mol. The molecule has 4 aliphatic rings. The summed E-state index contributed by atoms with van der Waals surface area (Å²) < 4.78 is 12.0. The quantitative estimate of drug-likeness (QED) is 0.283. The second-order valence-corrected chi connectivity index (χ2v) is 11.3. The summed E-state index contributed by atoms with van der Waals surface area (Å²) in [4.78, 5) is 12.1. The van der Waals surface area contributed by atoms with Crippen LogP contribution in [0, 0.1) is 28.6 Å². The number of alkyl halides is 1. The Bertz CT molecular complexity index is 666. The number of hydrogen-bond acceptors (Lipinski definition) is 4. The van der Waals surface area contributed by atoms with Crippen LogP contribution in [0.15, 0.2) is 11.6 Å². The molecule has 4 rings (SSSR count). The number of fused-ring (bicyclic) bond motifs is 5. The van der Waals surface area contributed by atoms with Gasteiger partial charge in [-0.3, -0.25) is 4.79 Å². The van der Waals surface area contributed by atoms with E-state index in [1.807, 2.05) is 14.0 Å². The monoisotopic (exact) mass is 426 g/mol. The highest BCUT2D eigenvalue weighted by atomic mass is 35.5. The van der Waals surface area contributed by atoms with Crippen LogP contribution in [0.25, 0.3) is 0 Å². The number of halogens is 1. The van der Waals surface area contributed by atoms with Gasteiger partial charge in [0, 0.05) is 24.2 Å². The lowest BCUT2D eigenvalue weighted by molar-refractivity contribution is -0.164. The van der Waals surface area contributed by atoms with Crippen LogP contribution in [0.3, 0.4) is 0 Å². The van der Waals surface area contributed by atoms with Crippen molar-refractivity contribution < 1.29 is 14.3 Å². The van der Waals surface area contributed by atoms with Gasteiger partial charge in [0.1, 0.15) is 6.10 Å². The van der Waals surface area contributed by atoms with E-state index in [4.69, 9.17) is 33.7 Å². The zero-order chi connectivity index (χ0) is 20.3. The van der Waals surface area contributed by atoms with E-state index >= 15 is 0 Å². The molecule has 3 nitrogen and oxygen atoms in total. The van der Waals surface area contributed by atoms with E-state index in [1.54, 1.807) is 5.57 Å². The van der Waals surface area contributed by atoms with E-state index in [1.165, 1.54) is 6.42 Å². The average Bonchev–Trinajstić information content (AvgIpc) is 2.92. The van der Waals surface area contributed by atoms with Crippen LogP contribution in [-0.4, -0.2) is 35.9 Å². The van der Waals surface area contributed by atoms with Crippen LogP contribution < -0.4 is 0 Å². The van der Waals surface area contributed by atoms with Crippen molar-refractivity contribution in [3.8, 4) is 0 Å². The summed E-state index contributed by atoms with van der Waals surface area (Å²) >= 11 is 11.6. The van der Waals surface area contributed by atoms with Gasteiger partial charge >= 0.3 is 5.97 Å². The molecular weight excluding hydrogens is 392 g/mol. The summed E-state index contributed by atoms with van der Waals surface area (Å²) in [5.74, 6) is 1.41. The van der Waals surface area contributed by atoms with E-state index in [2.05, 4.69) is 19.9 Å². The molecule has 0 heterocycles. The van der Waals surface area contributed by atoms with Crippen molar-refractivity contribution in [2.75, 3.05) is 7.11 Å². The fraction of sp³-hybridized carbons (Fsp3) is 0.870. The Labute approximate surface area is 180 Å². The van der Waals surface area contributed by atoms with Gasteiger partial charge in [-0.1, -0.05) is 32.4 Å². The molecule has 4 unspecified atom stereocenters. The first kappa shape index (κ1) is 21.1. The molecular formula is C23H35ClO3S. The van der Waals surface area contributed by atoms with Gasteiger partial charge in [0.15, 0.2) is 0 Å². The first-order chi connectivity index (χ1) is 13.2. The van der Waals surface area contributed by atoms with Crippen molar-refractivity contribution in [2.24, 2.45) is 28.6 Å². The molecule has 9 atom stereocenters. The molecule has 28 heavy (non-hydrogen) atoms. The molecule has 0 aromatic rings. The van der Waals surface area contributed by atoms with E-state index in [-0.39, 0.29) is 34.4 Å². The maximum Gasteiger partial charge on any atom is 0.305 e. The normalized spacial score (nSPS) is 50.2. The maximum absolute atomic E-state index is 12.1. The van der Waals surface area contributed by atoms with Gasteiger partial charge in [-0.05, 0) is 61.7 Å². The Kier molecular flexibility index (Phi) is 5.64. The fourth-order valence-electron chi connectivity index (χ4n) is 7.25. The van der Waals surface area contributed by atoms with Gasteiger partial charge in [0.2, 0.25) is 0 Å². The van der Waals surface area contributed by atoms with Crippen molar-refractivity contribution in [3.05, 3.63) is 11.6 Å². The highest BCUT2D eigenvalue weighted by Crippen LogP contribution is 2.66. The molecule has 5 heteroatoms. The largest absolute Gasteiger partial charge is 0.460 e. The third-order valence-corrected chi connectivity index (χ3v) is 9.65. The Morgan fingerprint density at radius 3 is 2.71 bits per heavy atom. The summed E-state index contributed by atoms with van der Waals surface area (Å²) in [7, 11) is 1.86. The minimum absolute atomic E-state index is 0.0481. The molecule has 158 valence electrons. The standard InChI is InChI=1S/C23H35ClO3S/c1-5-19(25)27-21-17(24)12-16-20-15(7-9-23(16,21)3)22(2)8-6-14(28)10-13(22)11-18(20)26-4/h10,14-18,20-21,28H,5-9,11-12H2,1-4H3/t14-,15?,16?,17+,18-,20?,21?,22-,23-/m0/s1. The van der Waals surface area contributed by atoms with E-state index in [0.29, 0.717) is 29.4 Å². The lowest BCUT2D eigenvalue weighted by Crippen LogP contribution is -2.56. The predicted molar refractivity (Wildman–Crippen MR) is 116 cm³/mol. The number of ether oxygens (including phenoxy) is 2. The van der Waals surface area contributed by atoms with Crippen LogP contribution in [-0.2, 0) is 14.3 Å². The van der Waals surface area contributed by atoms with Crippen LogP contribution in [0.1, 0.15) is 65.7 Å².